The highest BCUT2D eigenvalue weighted by molar-refractivity contribution is 4.81. The average Bonchev–Trinajstić information content (AvgIpc) is 1.86. The van der Waals surface area contributed by atoms with Crippen LogP contribution in [0.1, 0.15) is 46.5 Å². The maximum absolute atomic E-state index is 5.86. The molecule has 2 N–H and O–H groups in total. The summed E-state index contributed by atoms with van der Waals surface area (Å²) in [6.07, 6.45) is 5.40. The van der Waals surface area contributed by atoms with E-state index in [1.54, 1.807) is 0 Å². The number of hydrogen-bond donors (Lipinski definition) is 1. The van der Waals surface area contributed by atoms with E-state index in [2.05, 4.69) is 20.8 Å². The van der Waals surface area contributed by atoms with Gasteiger partial charge in [0.2, 0.25) is 0 Å². The van der Waals surface area contributed by atoms with E-state index >= 15 is 0 Å². The fourth-order valence-corrected chi connectivity index (χ4v) is 1.95. The molecule has 0 bridgehead atoms. The van der Waals surface area contributed by atoms with Gasteiger partial charge >= 0.3 is 0 Å². The van der Waals surface area contributed by atoms with Crippen LogP contribution in [0.25, 0.3) is 0 Å². The van der Waals surface area contributed by atoms with Crippen LogP contribution in [-0.2, 0) is 0 Å². The normalized spacial score (nSPS) is 28.4. The molecular weight excluding hydrogens is 134 g/mol. The molecule has 0 aromatic heterocycles. The molecule has 0 amide bonds. The van der Waals surface area contributed by atoms with Gasteiger partial charge in [0.1, 0.15) is 0 Å². The third-order valence-corrected chi connectivity index (χ3v) is 3.13. The van der Waals surface area contributed by atoms with Crippen LogP contribution in [0.15, 0.2) is 0 Å². The lowest BCUT2D eigenvalue weighted by atomic mass is 9.71. The quantitative estimate of drug-likeness (QED) is 0.618. The van der Waals surface area contributed by atoms with E-state index < -0.39 is 0 Å². The molecule has 1 saturated carbocycles. The number of hydrogen-bond acceptors (Lipinski definition) is 1. The second-order valence-electron chi connectivity index (χ2n) is 4.86. The molecule has 0 unspecified atom stereocenters. The minimum Gasteiger partial charge on any atom is -0.328 e. The summed E-state index contributed by atoms with van der Waals surface area (Å²) in [5.41, 5.74) is 6.44. The van der Waals surface area contributed by atoms with Crippen molar-refractivity contribution in [2.45, 2.75) is 52.5 Å². The van der Waals surface area contributed by atoms with Crippen LogP contribution in [0, 0.1) is 11.3 Å². The van der Waals surface area contributed by atoms with E-state index in [1.807, 2.05) is 0 Å². The van der Waals surface area contributed by atoms with E-state index in [0.717, 1.165) is 5.92 Å². The van der Waals surface area contributed by atoms with Crippen LogP contribution in [0.5, 0.6) is 0 Å². The standard InChI is InChI=1S/C10H21N/c1-8(11)9-4-6-10(2,3)7-5-9/h8-9H,4-7,11H2,1-3H3/t8-/m1/s1. The molecule has 1 heteroatoms. The lowest BCUT2D eigenvalue weighted by Gasteiger charge is -2.35. The van der Waals surface area contributed by atoms with Gasteiger partial charge in [0.25, 0.3) is 0 Å². The van der Waals surface area contributed by atoms with Gasteiger partial charge in [0.05, 0.1) is 0 Å². The minimum absolute atomic E-state index is 0.408. The highest BCUT2D eigenvalue weighted by atomic mass is 14.6. The van der Waals surface area contributed by atoms with Gasteiger partial charge in [0.15, 0.2) is 0 Å². The molecule has 0 aliphatic heterocycles. The van der Waals surface area contributed by atoms with Crippen molar-refractivity contribution in [1.82, 2.24) is 0 Å². The highest BCUT2D eigenvalue weighted by Crippen LogP contribution is 2.38. The fraction of sp³-hybridized carbons (Fsp3) is 1.00. The van der Waals surface area contributed by atoms with Gasteiger partial charge in [-0.25, -0.2) is 0 Å². The monoisotopic (exact) mass is 155 g/mol. The van der Waals surface area contributed by atoms with E-state index in [4.69, 9.17) is 5.73 Å². The van der Waals surface area contributed by atoms with Gasteiger partial charge in [-0.3, -0.25) is 0 Å². The second kappa shape index (κ2) is 3.14. The van der Waals surface area contributed by atoms with Gasteiger partial charge in [-0.2, -0.15) is 0 Å². The Labute approximate surface area is 70.4 Å². The third-order valence-electron chi connectivity index (χ3n) is 3.13. The predicted octanol–water partition coefficient (Wildman–Crippen LogP) is 2.55. The summed E-state index contributed by atoms with van der Waals surface area (Å²) in [5.74, 6) is 0.794. The minimum atomic E-state index is 0.408. The first-order chi connectivity index (χ1) is 5.01. The predicted molar refractivity (Wildman–Crippen MR) is 49.4 cm³/mol. The largest absolute Gasteiger partial charge is 0.328 e. The Morgan fingerprint density at radius 3 is 2.09 bits per heavy atom. The van der Waals surface area contributed by atoms with E-state index in [-0.39, 0.29) is 0 Å². The lowest BCUT2D eigenvalue weighted by Crippen LogP contribution is -2.32. The Bertz CT molecular complexity index is 117. The van der Waals surface area contributed by atoms with Crippen molar-refractivity contribution in [3.05, 3.63) is 0 Å². The average molecular weight is 155 g/mol. The topological polar surface area (TPSA) is 26.0 Å². The summed E-state index contributed by atoms with van der Waals surface area (Å²) < 4.78 is 0. The van der Waals surface area contributed by atoms with Crippen molar-refractivity contribution in [3.8, 4) is 0 Å². The van der Waals surface area contributed by atoms with Gasteiger partial charge in [0, 0.05) is 6.04 Å². The smallest absolute Gasteiger partial charge is 0.00387 e. The van der Waals surface area contributed by atoms with Gasteiger partial charge in [-0.05, 0) is 43.9 Å². The van der Waals surface area contributed by atoms with Gasteiger partial charge in [-0.15, -0.1) is 0 Å². The van der Waals surface area contributed by atoms with Gasteiger partial charge in [-0.1, -0.05) is 13.8 Å². The fourth-order valence-electron chi connectivity index (χ4n) is 1.95. The summed E-state index contributed by atoms with van der Waals surface area (Å²) >= 11 is 0. The molecule has 66 valence electrons. The van der Waals surface area contributed by atoms with Crippen LogP contribution in [-0.4, -0.2) is 6.04 Å². The van der Waals surface area contributed by atoms with Gasteiger partial charge < -0.3 is 5.73 Å². The Morgan fingerprint density at radius 1 is 1.27 bits per heavy atom. The first-order valence-corrected chi connectivity index (χ1v) is 4.77. The molecule has 1 rings (SSSR count). The first-order valence-electron chi connectivity index (χ1n) is 4.77. The van der Waals surface area contributed by atoms with Crippen LogP contribution >= 0.6 is 0 Å². The van der Waals surface area contributed by atoms with E-state index in [9.17, 15) is 0 Å². The molecule has 1 atom stereocenters. The Kier molecular flexibility index (Phi) is 2.58. The molecule has 0 heterocycles. The number of nitrogens with two attached hydrogens (primary N) is 1. The maximum atomic E-state index is 5.86. The van der Waals surface area contributed by atoms with Crippen molar-refractivity contribution in [1.29, 1.82) is 0 Å². The summed E-state index contributed by atoms with van der Waals surface area (Å²) in [7, 11) is 0. The van der Waals surface area contributed by atoms with Crippen LogP contribution in [0.4, 0.5) is 0 Å². The molecule has 0 aromatic rings. The molecule has 0 spiro atoms. The zero-order chi connectivity index (χ0) is 8.48. The Morgan fingerprint density at radius 2 is 1.73 bits per heavy atom. The number of rotatable bonds is 1. The molecule has 1 aliphatic rings. The van der Waals surface area contributed by atoms with Crippen molar-refractivity contribution < 1.29 is 0 Å². The zero-order valence-electron chi connectivity index (χ0n) is 8.06. The molecule has 1 aliphatic carbocycles. The third kappa shape index (κ3) is 2.48. The maximum Gasteiger partial charge on any atom is 0.00387 e. The molecule has 1 nitrogen and oxygen atoms in total. The van der Waals surface area contributed by atoms with Crippen molar-refractivity contribution in [3.63, 3.8) is 0 Å². The Balaban J connectivity index is 2.36. The van der Waals surface area contributed by atoms with Crippen molar-refractivity contribution in [2.75, 3.05) is 0 Å². The highest BCUT2D eigenvalue weighted by Gasteiger charge is 2.28. The zero-order valence-corrected chi connectivity index (χ0v) is 8.06. The summed E-state index contributed by atoms with van der Waals surface area (Å²) in [6, 6.07) is 0.408. The van der Waals surface area contributed by atoms with Crippen molar-refractivity contribution >= 4 is 0 Å². The van der Waals surface area contributed by atoms with E-state index in [1.165, 1.54) is 25.7 Å². The molecule has 1 fully saturated rings. The van der Waals surface area contributed by atoms with Crippen molar-refractivity contribution in [2.24, 2.45) is 17.1 Å². The summed E-state index contributed by atoms with van der Waals surface area (Å²) in [6.45, 7) is 6.87. The molecular formula is C10H21N. The molecule has 0 saturated heterocycles. The lowest BCUT2D eigenvalue weighted by molar-refractivity contribution is 0.177. The first kappa shape index (κ1) is 9.05. The molecule has 11 heavy (non-hydrogen) atoms. The summed E-state index contributed by atoms with van der Waals surface area (Å²) in [5, 5.41) is 0. The second-order valence-corrected chi connectivity index (χ2v) is 4.86. The van der Waals surface area contributed by atoms with Crippen LogP contribution in [0.2, 0.25) is 0 Å². The van der Waals surface area contributed by atoms with Crippen LogP contribution < -0.4 is 5.73 Å². The Hall–Kier alpha value is -0.0400. The summed E-state index contributed by atoms with van der Waals surface area (Å²) in [4.78, 5) is 0. The van der Waals surface area contributed by atoms with E-state index in [0.29, 0.717) is 11.5 Å². The SMILES string of the molecule is C[C@@H](N)C1CCC(C)(C)CC1. The van der Waals surface area contributed by atoms with Crippen LogP contribution in [0.3, 0.4) is 0 Å². The molecule has 0 radical (unpaired) electrons. The molecule has 0 aromatic carbocycles.